The van der Waals surface area contributed by atoms with Crippen molar-refractivity contribution in [1.29, 1.82) is 0 Å². The Morgan fingerprint density at radius 1 is 1.15 bits per heavy atom. The maximum Gasteiger partial charge on any atom is 0.418 e. The summed E-state index contributed by atoms with van der Waals surface area (Å²) in [5.74, 6) is -1.64. The van der Waals surface area contributed by atoms with E-state index in [1.54, 1.807) is 0 Å². The number of methoxy groups -OCH3 is 1. The second-order valence-electron chi connectivity index (χ2n) is 5.42. The van der Waals surface area contributed by atoms with Crippen molar-refractivity contribution in [2.45, 2.75) is 19.2 Å². The summed E-state index contributed by atoms with van der Waals surface area (Å²) < 4.78 is 49.0. The molecule has 144 valence electrons. The molecule has 2 aromatic carbocycles. The zero-order valence-electron chi connectivity index (χ0n) is 14.3. The number of halogens is 4. The van der Waals surface area contributed by atoms with Crippen molar-refractivity contribution in [3.05, 3.63) is 58.6 Å². The molecule has 2 rings (SSSR count). The van der Waals surface area contributed by atoms with Gasteiger partial charge in [0.15, 0.2) is 6.10 Å². The Hall–Kier alpha value is -2.74. The Morgan fingerprint density at radius 3 is 2.44 bits per heavy atom. The first kappa shape index (κ1) is 20.6. The number of ether oxygens (including phenoxy) is 2. The van der Waals surface area contributed by atoms with Crippen molar-refractivity contribution in [3.63, 3.8) is 0 Å². The van der Waals surface area contributed by atoms with Crippen LogP contribution in [0.25, 0.3) is 0 Å². The maximum atomic E-state index is 13.0. The van der Waals surface area contributed by atoms with Crippen LogP contribution in [0.15, 0.2) is 42.5 Å². The van der Waals surface area contributed by atoms with Gasteiger partial charge in [-0.15, -0.1) is 0 Å². The number of alkyl halides is 3. The van der Waals surface area contributed by atoms with E-state index in [-0.39, 0.29) is 16.3 Å². The van der Waals surface area contributed by atoms with Crippen molar-refractivity contribution in [1.82, 2.24) is 0 Å². The molecule has 0 fully saturated rings. The number of para-hydroxylation sites is 1. The summed E-state index contributed by atoms with van der Waals surface area (Å²) in [7, 11) is 1.34. The quantitative estimate of drug-likeness (QED) is 0.746. The molecule has 0 saturated heterocycles. The molecule has 9 heteroatoms. The van der Waals surface area contributed by atoms with Crippen molar-refractivity contribution in [2.75, 3.05) is 12.4 Å². The Bertz CT molecular complexity index is 855. The first-order chi connectivity index (χ1) is 12.6. The van der Waals surface area contributed by atoms with Crippen LogP contribution in [-0.2, 0) is 15.7 Å². The summed E-state index contributed by atoms with van der Waals surface area (Å²) in [5.41, 5.74) is -1.45. The summed E-state index contributed by atoms with van der Waals surface area (Å²) >= 11 is 5.84. The predicted octanol–water partition coefficient (Wildman–Crippen LogP) is 4.55. The highest BCUT2D eigenvalue weighted by atomic mass is 35.5. The fourth-order valence-corrected chi connectivity index (χ4v) is 2.36. The molecule has 2 aromatic rings. The summed E-state index contributed by atoms with van der Waals surface area (Å²) in [6, 6.07) is 8.74. The van der Waals surface area contributed by atoms with Gasteiger partial charge in [0.05, 0.1) is 18.4 Å². The molecule has 0 aliphatic rings. The molecule has 0 saturated carbocycles. The Kier molecular flexibility index (Phi) is 6.32. The average molecular weight is 402 g/mol. The first-order valence-corrected chi connectivity index (χ1v) is 8.03. The molecular weight excluding hydrogens is 387 g/mol. The van der Waals surface area contributed by atoms with E-state index in [1.807, 2.05) is 0 Å². The molecule has 27 heavy (non-hydrogen) atoms. The number of nitrogens with one attached hydrogen (secondary N) is 1. The van der Waals surface area contributed by atoms with Crippen molar-refractivity contribution < 1.29 is 32.2 Å². The maximum absolute atomic E-state index is 13.0. The lowest BCUT2D eigenvalue weighted by Crippen LogP contribution is -2.31. The van der Waals surface area contributed by atoms with E-state index in [0.29, 0.717) is 0 Å². The summed E-state index contributed by atoms with van der Waals surface area (Å²) in [5, 5.41) is 2.37. The lowest BCUT2D eigenvalue weighted by Gasteiger charge is -2.17. The van der Waals surface area contributed by atoms with E-state index < -0.39 is 35.4 Å². The highest BCUT2D eigenvalue weighted by Gasteiger charge is 2.34. The van der Waals surface area contributed by atoms with Gasteiger partial charge in [0.1, 0.15) is 11.3 Å². The van der Waals surface area contributed by atoms with Crippen molar-refractivity contribution in [3.8, 4) is 5.75 Å². The summed E-state index contributed by atoms with van der Waals surface area (Å²) in [6.07, 6.45) is -6.00. The number of hydrogen-bond donors (Lipinski definition) is 1. The minimum absolute atomic E-state index is 0.0136. The highest BCUT2D eigenvalue weighted by molar-refractivity contribution is 6.31. The van der Waals surface area contributed by atoms with Gasteiger partial charge in [-0.1, -0.05) is 23.7 Å². The predicted molar refractivity (Wildman–Crippen MR) is 93.0 cm³/mol. The molecule has 0 radical (unpaired) electrons. The second kappa shape index (κ2) is 8.30. The van der Waals surface area contributed by atoms with Crippen molar-refractivity contribution in [2.24, 2.45) is 0 Å². The summed E-state index contributed by atoms with van der Waals surface area (Å²) in [4.78, 5) is 24.4. The molecule has 0 bridgehead atoms. The number of amides is 1. The largest absolute Gasteiger partial charge is 0.496 e. The van der Waals surface area contributed by atoms with Crippen LogP contribution in [0.2, 0.25) is 5.02 Å². The highest BCUT2D eigenvalue weighted by Crippen LogP contribution is 2.34. The van der Waals surface area contributed by atoms with Crippen LogP contribution in [0.5, 0.6) is 5.75 Å². The minimum Gasteiger partial charge on any atom is -0.496 e. The number of carbonyl (C=O) groups excluding carboxylic acids is 2. The van der Waals surface area contributed by atoms with Gasteiger partial charge in [0.2, 0.25) is 0 Å². The van der Waals surface area contributed by atoms with Gasteiger partial charge >= 0.3 is 12.1 Å². The SMILES string of the molecule is COc1ccc(Cl)cc1C(=O)O[C@H](C)C(=O)Nc1ccccc1C(F)(F)F. The molecule has 0 aliphatic carbocycles. The van der Waals surface area contributed by atoms with Crippen LogP contribution in [0.1, 0.15) is 22.8 Å². The molecule has 0 spiro atoms. The third kappa shape index (κ3) is 5.13. The normalized spacial score (nSPS) is 12.2. The van der Waals surface area contributed by atoms with Gasteiger partial charge in [-0.05, 0) is 37.3 Å². The Morgan fingerprint density at radius 2 is 1.81 bits per heavy atom. The third-order valence-electron chi connectivity index (χ3n) is 3.52. The molecular formula is C18H15ClF3NO4. The van der Waals surface area contributed by atoms with E-state index in [2.05, 4.69) is 5.32 Å². The van der Waals surface area contributed by atoms with Crippen LogP contribution < -0.4 is 10.1 Å². The van der Waals surface area contributed by atoms with Gasteiger partial charge in [0, 0.05) is 5.02 Å². The van der Waals surface area contributed by atoms with Gasteiger partial charge in [-0.25, -0.2) is 4.79 Å². The number of esters is 1. The smallest absolute Gasteiger partial charge is 0.418 e. The van der Waals surface area contributed by atoms with Crippen LogP contribution in [0.4, 0.5) is 18.9 Å². The van der Waals surface area contributed by atoms with E-state index in [4.69, 9.17) is 21.1 Å². The standard InChI is InChI=1S/C18H15ClF3NO4/c1-10(27-17(25)12-9-11(19)7-8-15(12)26-2)16(24)23-14-6-4-3-5-13(14)18(20,21)22/h3-10H,1-2H3,(H,23,24)/t10-/m1/s1. The summed E-state index contributed by atoms with van der Waals surface area (Å²) in [6.45, 7) is 1.24. The number of benzene rings is 2. The van der Waals surface area contributed by atoms with Gasteiger partial charge in [0.25, 0.3) is 5.91 Å². The first-order valence-electron chi connectivity index (χ1n) is 7.65. The molecule has 0 aromatic heterocycles. The van der Waals surface area contributed by atoms with Crippen LogP contribution >= 0.6 is 11.6 Å². The molecule has 0 aliphatic heterocycles. The van der Waals surface area contributed by atoms with E-state index in [1.165, 1.54) is 44.4 Å². The minimum atomic E-state index is -4.64. The lowest BCUT2D eigenvalue weighted by atomic mass is 10.1. The van der Waals surface area contributed by atoms with Crippen LogP contribution in [0, 0.1) is 0 Å². The topological polar surface area (TPSA) is 64.6 Å². The molecule has 1 N–H and O–H groups in total. The fraction of sp³-hybridized carbons (Fsp3) is 0.222. The Balaban J connectivity index is 2.13. The molecule has 1 atom stereocenters. The van der Waals surface area contributed by atoms with E-state index >= 15 is 0 Å². The van der Waals surface area contributed by atoms with Gasteiger partial charge in [-0.3, -0.25) is 4.79 Å². The Labute approximate surface area is 158 Å². The van der Waals surface area contributed by atoms with E-state index in [9.17, 15) is 22.8 Å². The van der Waals surface area contributed by atoms with Crippen LogP contribution in [-0.4, -0.2) is 25.1 Å². The molecule has 5 nitrogen and oxygen atoms in total. The van der Waals surface area contributed by atoms with Crippen LogP contribution in [0.3, 0.4) is 0 Å². The molecule has 1 amide bonds. The second-order valence-corrected chi connectivity index (χ2v) is 5.86. The number of anilines is 1. The fourth-order valence-electron chi connectivity index (χ4n) is 2.19. The number of carbonyl (C=O) groups is 2. The number of hydrogen-bond acceptors (Lipinski definition) is 4. The number of rotatable bonds is 5. The third-order valence-corrected chi connectivity index (χ3v) is 3.76. The zero-order valence-corrected chi connectivity index (χ0v) is 15.0. The lowest BCUT2D eigenvalue weighted by molar-refractivity contribution is -0.137. The zero-order chi connectivity index (χ0) is 20.2. The average Bonchev–Trinajstić information content (AvgIpc) is 2.61. The molecule has 0 unspecified atom stereocenters. The van der Waals surface area contributed by atoms with Crippen molar-refractivity contribution >= 4 is 29.2 Å². The van der Waals surface area contributed by atoms with Gasteiger partial charge < -0.3 is 14.8 Å². The van der Waals surface area contributed by atoms with Gasteiger partial charge in [-0.2, -0.15) is 13.2 Å². The molecule has 0 heterocycles. The van der Waals surface area contributed by atoms with E-state index in [0.717, 1.165) is 12.1 Å². The monoisotopic (exact) mass is 401 g/mol.